The molecule has 1 aromatic rings. The van der Waals surface area contributed by atoms with Gasteiger partial charge in [0.25, 0.3) is 12.1 Å². The van der Waals surface area contributed by atoms with E-state index < -0.39 is 34.5 Å². The van der Waals surface area contributed by atoms with Crippen molar-refractivity contribution in [1.29, 1.82) is 0 Å². The van der Waals surface area contributed by atoms with E-state index in [0.29, 0.717) is 0 Å². The molecular weight excluding hydrogens is 260 g/mol. The predicted octanol–water partition coefficient (Wildman–Crippen LogP) is 2.21. The third-order valence-electron chi connectivity index (χ3n) is 2.39. The number of nitrogens with one attached hydrogen (secondary N) is 1. The summed E-state index contributed by atoms with van der Waals surface area (Å²) in [5, 5.41) is 13.2. The second-order valence-corrected chi connectivity index (χ2v) is 4.05. The molecule has 0 radical (unpaired) electrons. The van der Waals surface area contributed by atoms with E-state index in [-0.39, 0.29) is 12.1 Å². The molecule has 19 heavy (non-hydrogen) atoms. The Morgan fingerprint density at radius 1 is 1.53 bits per heavy atom. The molecule has 0 aliphatic rings. The van der Waals surface area contributed by atoms with E-state index >= 15 is 0 Å². The van der Waals surface area contributed by atoms with Crippen molar-refractivity contribution in [2.24, 2.45) is 5.73 Å². The Balaban J connectivity index is 3.00. The lowest BCUT2D eigenvalue weighted by molar-refractivity contribution is -0.385. The molecule has 8 heteroatoms. The van der Waals surface area contributed by atoms with Crippen molar-refractivity contribution in [1.82, 2.24) is 0 Å². The molecule has 6 nitrogen and oxygen atoms in total. The van der Waals surface area contributed by atoms with Crippen molar-refractivity contribution >= 4 is 17.3 Å². The topological polar surface area (TPSA) is 98.3 Å². The van der Waals surface area contributed by atoms with Gasteiger partial charge in [-0.05, 0) is 13.0 Å². The average molecular weight is 273 g/mol. The molecule has 0 aliphatic heterocycles. The third kappa shape index (κ3) is 4.16. The highest BCUT2D eigenvalue weighted by atomic mass is 19.3. The lowest BCUT2D eigenvalue weighted by Gasteiger charge is -2.16. The van der Waals surface area contributed by atoms with E-state index in [2.05, 4.69) is 5.32 Å². The molecule has 1 aromatic carbocycles. The van der Waals surface area contributed by atoms with Crippen molar-refractivity contribution in [3.8, 4) is 0 Å². The van der Waals surface area contributed by atoms with Crippen molar-refractivity contribution in [3.05, 3.63) is 33.9 Å². The molecule has 0 heterocycles. The summed E-state index contributed by atoms with van der Waals surface area (Å²) in [6.07, 6.45) is -2.89. The van der Waals surface area contributed by atoms with Crippen LogP contribution in [0.3, 0.4) is 0 Å². The van der Waals surface area contributed by atoms with Gasteiger partial charge in [0.05, 0.1) is 4.92 Å². The molecule has 3 N–H and O–H groups in total. The predicted molar refractivity (Wildman–Crippen MR) is 64.9 cm³/mol. The largest absolute Gasteiger partial charge is 0.382 e. The SMILES string of the molecule is CC(CC(N)=O)Nc1ccc([N+](=O)[O-])cc1C(F)F. The molecule has 1 amide bonds. The van der Waals surface area contributed by atoms with Crippen molar-refractivity contribution in [2.45, 2.75) is 25.8 Å². The van der Waals surface area contributed by atoms with Gasteiger partial charge in [0.1, 0.15) is 0 Å². The molecule has 104 valence electrons. The molecule has 0 spiro atoms. The number of amides is 1. The number of hydrogen-bond acceptors (Lipinski definition) is 4. The van der Waals surface area contributed by atoms with Crippen LogP contribution in [0.2, 0.25) is 0 Å². The van der Waals surface area contributed by atoms with Crippen LogP contribution in [0.4, 0.5) is 20.2 Å². The van der Waals surface area contributed by atoms with Crippen LogP contribution in [0, 0.1) is 10.1 Å². The van der Waals surface area contributed by atoms with Crippen LogP contribution < -0.4 is 11.1 Å². The number of nitrogens with zero attached hydrogens (tertiary/aromatic N) is 1. The smallest absolute Gasteiger partial charge is 0.270 e. The molecule has 1 rings (SSSR count). The average Bonchev–Trinajstić information content (AvgIpc) is 2.27. The Hall–Kier alpha value is -2.25. The van der Waals surface area contributed by atoms with E-state index in [1.165, 1.54) is 6.07 Å². The number of non-ortho nitro benzene ring substituents is 1. The number of carbonyl (C=O) groups is 1. The molecule has 0 aliphatic carbocycles. The molecule has 0 aromatic heterocycles. The first-order valence-corrected chi connectivity index (χ1v) is 5.42. The number of benzene rings is 1. The Morgan fingerprint density at radius 2 is 2.16 bits per heavy atom. The molecular formula is C11H13F2N3O3. The van der Waals surface area contributed by atoms with E-state index in [1.807, 2.05) is 0 Å². The van der Waals surface area contributed by atoms with Gasteiger partial charge in [-0.2, -0.15) is 0 Å². The van der Waals surface area contributed by atoms with E-state index in [9.17, 15) is 23.7 Å². The lowest BCUT2D eigenvalue weighted by Crippen LogP contribution is -2.24. The number of alkyl halides is 2. The maximum absolute atomic E-state index is 12.8. The Labute approximate surface area is 107 Å². The number of nitro benzene ring substituents is 1. The summed E-state index contributed by atoms with van der Waals surface area (Å²) in [4.78, 5) is 20.5. The van der Waals surface area contributed by atoms with Gasteiger partial charge in [-0.1, -0.05) is 0 Å². The van der Waals surface area contributed by atoms with Crippen LogP contribution in [-0.2, 0) is 4.79 Å². The second-order valence-electron chi connectivity index (χ2n) is 4.05. The van der Waals surface area contributed by atoms with Gasteiger partial charge >= 0.3 is 0 Å². The van der Waals surface area contributed by atoms with Gasteiger partial charge in [0, 0.05) is 35.8 Å². The molecule has 0 fully saturated rings. The Morgan fingerprint density at radius 3 is 2.63 bits per heavy atom. The highest BCUT2D eigenvalue weighted by Crippen LogP contribution is 2.31. The number of nitrogens with two attached hydrogens (primary N) is 1. The summed E-state index contributed by atoms with van der Waals surface area (Å²) in [7, 11) is 0. The fourth-order valence-corrected chi connectivity index (χ4v) is 1.59. The first-order valence-electron chi connectivity index (χ1n) is 5.42. The van der Waals surface area contributed by atoms with Crippen LogP contribution in [0.15, 0.2) is 18.2 Å². The Bertz CT molecular complexity index is 494. The summed E-state index contributed by atoms with van der Waals surface area (Å²) in [6, 6.07) is 2.67. The molecule has 1 atom stereocenters. The highest BCUT2D eigenvalue weighted by Gasteiger charge is 2.19. The van der Waals surface area contributed by atoms with Crippen LogP contribution in [0.25, 0.3) is 0 Å². The lowest BCUT2D eigenvalue weighted by atomic mass is 10.1. The third-order valence-corrected chi connectivity index (χ3v) is 2.39. The first kappa shape index (κ1) is 14.8. The fraction of sp³-hybridized carbons (Fsp3) is 0.364. The van der Waals surface area contributed by atoms with Crippen LogP contribution >= 0.6 is 0 Å². The highest BCUT2D eigenvalue weighted by molar-refractivity contribution is 5.75. The number of primary amides is 1. The summed E-state index contributed by atoms with van der Waals surface area (Å²) in [5.41, 5.74) is 4.15. The van der Waals surface area contributed by atoms with Gasteiger partial charge < -0.3 is 11.1 Å². The number of anilines is 1. The standard InChI is InChI=1S/C11H13F2N3O3/c1-6(4-10(14)17)15-9-3-2-7(16(18)19)5-8(9)11(12)13/h2-3,5-6,11,15H,4H2,1H3,(H2,14,17). The summed E-state index contributed by atoms with van der Waals surface area (Å²) >= 11 is 0. The number of hydrogen-bond donors (Lipinski definition) is 2. The van der Waals surface area contributed by atoms with Gasteiger partial charge in [-0.15, -0.1) is 0 Å². The van der Waals surface area contributed by atoms with Crippen LogP contribution in [-0.4, -0.2) is 16.9 Å². The van der Waals surface area contributed by atoms with Gasteiger partial charge in [-0.3, -0.25) is 14.9 Å². The van der Waals surface area contributed by atoms with Gasteiger partial charge in [0.15, 0.2) is 0 Å². The summed E-state index contributed by atoms with van der Waals surface area (Å²) in [6.45, 7) is 1.60. The number of halogens is 2. The van der Waals surface area contributed by atoms with Crippen molar-refractivity contribution < 1.29 is 18.5 Å². The molecule has 0 bridgehead atoms. The van der Waals surface area contributed by atoms with Gasteiger partial charge in [-0.25, -0.2) is 8.78 Å². The number of carbonyl (C=O) groups excluding carboxylic acids is 1. The minimum absolute atomic E-state index is 0.0281. The van der Waals surface area contributed by atoms with Crippen LogP contribution in [0.1, 0.15) is 25.3 Å². The minimum atomic E-state index is -2.86. The maximum atomic E-state index is 12.8. The van der Waals surface area contributed by atoms with E-state index in [0.717, 1.165) is 12.1 Å². The normalized spacial score (nSPS) is 12.2. The van der Waals surface area contributed by atoms with Crippen LogP contribution in [0.5, 0.6) is 0 Å². The van der Waals surface area contributed by atoms with E-state index in [4.69, 9.17) is 5.73 Å². The van der Waals surface area contributed by atoms with E-state index in [1.54, 1.807) is 6.92 Å². The fourth-order valence-electron chi connectivity index (χ4n) is 1.59. The molecule has 1 unspecified atom stereocenters. The zero-order chi connectivity index (χ0) is 14.6. The number of nitro groups is 1. The van der Waals surface area contributed by atoms with Crippen molar-refractivity contribution in [2.75, 3.05) is 5.32 Å². The van der Waals surface area contributed by atoms with Gasteiger partial charge in [0.2, 0.25) is 5.91 Å². The Kier molecular flexibility index (Phi) is 4.74. The van der Waals surface area contributed by atoms with Crippen molar-refractivity contribution in [3.63, 3.8) is 0 Å². The monoisotopic (exact) mass is 273 g/mol. The number of rotatable bonds is 6. The zero-order valence-corrected chi connectivity index (χ0v) is 10.1. The summed E-state index contributed by atoms with van der Waals surface area (Å²) < 4.78 is 25.7. The molecule has 0 saturated carbocycles. The second kappa shape index (κ2) is 6.07. The first-order chi connectivity index (χ1) is 8.81. The maximum Gasteiger partial charge on any atom is 0.270 e. The summed E-state index contributed by atoms with van der Waals surface area (Å²) in [5.74, 6) is -0.569. The molecule has 0 saturated heterocycles. The zero-order valence-electron chi connectivity index (χ0n) is 10.1. The quantitative estimate of drug-likeness (QED) is 0.613. The minimum Gasteiger partial charge on any atom is -0.382 e.